The van der Waals surface area contributed by atoms with Crippen LogP contribution in [0.2, 0.25) is 0 Å². The first-order valence-corrected chi connectivity index (χ1v) is 26.8. The van der Waals surface area contributed by atoms with Gasteiger partial charge in [-0.25, -0.2) is 0 Å². The van der Waals surface area contributed by atoms with E-state index in [0.29, 0.717) is 30.4 Å². The van der Waals surface area contributed by atoms with E-state index in [9.17, 15) is 57.8 Å². The highest BCUT2D eigenvalue weighted by Gasteiger charge is 2.40. The molecule has 0 saturated carbocycles. The molecule has 2 heterocycles. The third-order valence-corrected chi connectivity index (χ3v) is 14.7. The Morgan fingerprint density at radius 2 is 1.39 bits per heavy atom. The lowest BCUT2D eigenvalue weighted by Gasteiger charge is -2.31. The number of nitrogens with two attached hydrogens (primary N) is 4. The number of primary amides is 3. The number of benzene rings is 2. The fourth-order valence-electron chi connectivity index (χ4n) is 8.37. The van der Waals surface area contributed by atoms with Crippen LogP contribution in [0.4, 0.5) is 0 Å². The Hall–Kier alpha value is -7.02. The van der Waals surface area contributed by atoms with Crippen LogP contribution in [0, 0.1) is 11.3 Å². The van der Waals surface area contributed by atoms with Gasteiger partial charge in [0.2, 0.25) is 53.2 Å². The Kier molecular flexibility index (Phi) is 24.3. The Balaban J connectivity index is 1.68. The SMILES string of the molecule is N=C(N)CCCC[C@H](NC(=O)[C@@H]1CCCN1C(=O)[C@@H]1CSSCCC(=O)N[C@@H](Cc2ccc(O)cc2)C(=O)C[C@@H](Cc2ccccc2)C(=O)N[C@@H](CCC(N)=O)C(=O)N[C@@H](CC(N)=O)C(=O)N1)C(=O)CCC(N)=O. The summed E-state index contributed by atoms with van der Waals surface area (Å²) < 4.78 is 0. The van der Waals surface area contributed by atoms with Crippen molar-refractivity contribution in [2.45, 2.75) is 133 Å². The zero-order valence-electron chi connectivity index (χ0n) is 41.0. The predicted molar refractivity (Wildman–Crippen MR) is 275 cm³/mol. The number of hydrogen-bond acceptors (Lipinski definition) is 15. The molecule has 0 bridgehead atoms. The number of amides is 9. The number of phenols is 1. The topological polar surface area (TPSA) is 399 Å². The fraction of sp³-hybridized carbons (Fsp3) is 0.510. The lowest BCUT2D eigenvalue weighted by Crippen LogP contribution is -2.60. The van der Waals surface area contributed by atoms with E-state index in [1.165, 1.54) is 17.0 Å². The van der Waals surface area contributed by atoms with Crippen LogP contribution >= 0.6 is 21.6 Å². The summed E-state index contributed by atoms with van der Waals surface area (Å²) in [6, 6.07) is 6.62. The van der Waals surface area contributed by atoms with Crippen LogP contribution < -0.4 is 49.5 Å². The van der Waals surface area contributed by atoms with E-state index < -0.39 is 126 Å². The fourth-order valence-corrected chi connectivity index (χ4v) is 10.5. The molecule has 74 heavy (non-hydrogen) atoms. The smallest absolute Gasteiger partial charge is 0.246 e. The molecule has 2 fully saturated rings. The molecule has 7 atom stereocenters. The average molecular weight is 1070 g/mol. The highest BCUT2D eigenvalue weighted by atomic mass is 33.1. The highest BCUT2D eigenvalue weighted by Crippen LogP contribution is 2.26. The molecule has 15 N–H and O–H groups in total. The van der Waals surface area contributed by atoms with Crippen molar-refractivity contribution in [2.75, 3.05) is 18.1 Å². The van der Waals surface area contributed by atoms with Crippen LogP contribution in [0.25, 0.3) is 0 Å². The minimum Gasteiger partial charge on any atom is -0.508 e. The number of hydrogen-bond donors (Lipinski definition) is 11. The molecule has 9 amide bonds. The van der Waals surface area contributed by atoms with Crippen molar-refractivity contribution in [3.63, 3.8) is 0 Å². The molecule has 0 unspecified atom stereocenters. The number of Topliss-reactive ketones (excluding diaryl/α,β-unsaturated/α-hetero) is 2. The van der Waals surface area contributed by atoms with Gasteiger partial charge < -0.3 is 59.5 Å². The number of rotatable bonds is 21. The van der Waals surface area contributed by atoms with Crippen molar-refractivity contribution >= 4 is 92.2 Å². The first-order valence-electron chi connectivity index (χ1n) is 24.3. The molecular formula is C49H67N11O12S2. The number of nitrogens with one attached hydrogen (secondary N) is 6. The van der Waals surface area contributed by atoms with Crippen molar-refractivity contribution in [1.82, 2.24) is 31.5 Å². The molecule has 402 valence electrons. The van der Waals surface area contributed by atoms with Crippen LogP contribution in [0.5, 0.6) is 5.75 Å². The second kappa shape index (κ2) is 30.2. The van der Waals surface area contributed by atoms with Gasteiger partial charge in [-0.1, -0.05) is 70.5 Å². The first-order chi connectivity index (χ1) is 35.2. The Morgan fingerprint density at radius 3 is 2.05 bits per heavy atom. The van der Waals surface area contributed by atoms with Crippen LogP contribution in [0.3, 0.4) is 0 Å². The lowest BCUT2D eigenvalue weighted by atomic mass is 9.89. The van der Waals surface area contributed by atoms with Crippen molar-refractivity contribution < 1.29 is 57.8 Å². The Bertz CT molecular complexity index is 2360. The zero-order valence-corrected chi connectivity index (χ0v) is 42.6. The van der Waals surface area contributed by atoms with Gasteiger partial charge >= 0.3 is 0 Å². The maximum atomic E-state index is 14.6. The van der Waals surface area contributed by atoms with E-state index in [2.05, 4.69) is 26.6 Å². The van der Waals surface area contributed by atoms with Gasteiger partial charge in [0, 0.05) is 62.5 Å². The molecule has 2 aromatic carbocycles. The first kappa shape index (κ1) is 59.5. The normalized spacial score (nSPS) is 21.9. The Morgan fingerprint density at radius 1 is 0.730 bits per heavy atom. The lowest BCUT2D eigenvalue weighted by molar-refractivity contribution is -0.142. The molecule has 2 saturated heterocycles. The van der Waals surface area contributed by atoms with Gasteiger partial charge in [0.25, 0.3) is 0 Å². The number of phenolic OH excluding ortho intramolecular Hbond substituents is 1. The predicted octanol–water partition coefficient (Wildman–Crippen LogP) is -0.575. The van der Waals surface area contributed by atoms with Crippen molar-refractivity contribution in [1.29, 1.82) is 5.41 Å². The Labute approximate surface area is 436 Å². The maximum Gasteiger partial charge on any atom is 0.246 e. The molecule has 0 aromatic heterocycles. The largest absolute Gasteiger partial charge is 0.508 e. The van der Waals surface area contributed by atoms with Crippen LogP contribution in [0.1, 0.15) is 94.6 Å². The third-order valence-electron chi connectivity index (χ3n) is 12.3. The molecule has 23 nitrogen and oxygen atoms in total. The number of ketones is 2. The number of unbranched alkanes of at least 4 members (excludes halogenated alkanes) is 1. The van der Waals surface area contributed by atoms with E-state index in [4.69, 9.17) is 28.3 Å². The zero-order chi connectivity index (χ0) is 54.3. The average Bonchev–Trinajstić information content (AvgIpc) is 3.85. The molecule has 0 aliphatic carbocycles. The number of amidine groups is 1. The van der Waals surface area contributed by atoms with E-state index >= 15 is 0 Å². The highest BCUT2D eigenvalue weighted by molar-refractivity contribution is 8.76. The van der Waals surface area contributed by atoms with E-state index in [1.54, 1.807) is 42.5 Å². The van der Waals surface area contributed by atoms with Crippen LogP contribution in [-0.2, 0) is 65.6 Å². The van der Waals surface area contributed by atoms with Crippen LogP contribution in [0.15, 0.2) is 54.6 Å². The van der Waals surface area contributed by atoms with Gasteiger partial charge in [-0.2, -0.15) is 0 Å². The summed E-state index contributed by atoms with van der Waals surface area (Å²) in [5, 5.41) is 30.6. The van der Waals surface area contributed by atoms with Gasteiger partial charge in [0.1, 0.15) is 29.9 Å². The molecular weight excluding hydrogens is 999 g/mol. The summed E-state index contributed by atoms with van der Waals surface area (Å²) in [5.41, 5.74) is 23.0. The van der Waals surface area contributed by atoms with Gasteiger partial charge in [0.15, 0.2) is 11.6 Å². The standard InChI is InChI=1S/C49H67N11O12S2/c50-40(51)11-5-4-9-32(38(62)17-19-42(53)65)56-48(71)37-10-6-21-60(37)49(72)36-27-74-73-22-20-44(67)55-34(24-29-12-14-31(61)15-13-29)39(63)25-30(23-28-7-2-1-3-8-28)45(68)57-33(16-18-41(52)64)46(69)58-35(26-43(54)66)47(70)59-36/h1-3,7-8,12-15,30,32-37,61H,4-6,9-11,16-27H2,(H3,50,51)(H2,52,64)(H2,53,65)(H2,54,66)(H,55,67)(H,56,71)(H,57,68)(H,58,69)(H,59,70)/t30-,32+,33+,34+,35+,36+,37+/m1/s1. The van der Waals surface area contributed by atoms with Crippen molar-refractivity contribution in [2.24, 2.45) is 28.9 Å². The molecule has 0 spiro atoms. The quantitative estimate of drug-likeness (QED) is 0.0323. The minimum atomic E-state index is -1.74. The molecule has 0 radical (unpaired) electrons. The maximum absolute atomic E-state index is 14.6. The number of likely N-dealkylation sites (tertiary alicyclic amines) is 1. The number of aromatic hydroxyl groups is 1. The summed E-state index contributed by atoms with van der Waals surface area (Å²) >= 11 is 0. The van der Waals surface area contributed by atoms with Gasteiger partial charge in [-0.3, -0.25) is 58.1 Å². The van der Waals surface area contributed by atoms with Crippen molar-refractivity contribution in [3.8, 4) is 5.75 Å². The summed E-state index contributed by atoms with van der Waals surface area (Å²) in [7, 11) is 2.24. The monoisotopic (exact) mass is 1070 g/mol. The van der Waals surface area contributed by atoms with Gasteiger partial charge in [0.05, 0.1) is 24.3 Å². The van der Waals surface area contributed by atoms with E-state index in [1.807, 2.05) is 0 Å². The molecule has 2 aromatic rings. The number of nitrogens with zero attached hydrogens (tertiary/aromatic N) is 1. The summed E-state index contributed by atoms with van der Waals surface area (Å²) in [4.78, 5) is 150. The third kappa shape index (κ3) is 20.5. The summed E-state index contributed by atoms with van der Waals surface area (Å²) in [5.74, 6) is -9.67. The van der Waals surface area contributed by atoms with E-state index in [0.717, 1.165) is 21.6 Å². The van der Waals surface area contributed by atoms with Crippen LogP contribution in [-0.4, -0.2) is 135 Å². The summed E-state index contributed by atoms with van der Waals surface area (Å²) in [6.45, 7) is 0.0537. The van der Waals surface area contributed by atoms with E-state index in [-0.39, 0.29) is 87.4 Å². The van der Waals surface area contributed by atoms with Crippen molar-refractivity contribution in [3.05, 3.63) is 65.7 Å². The second-order valence-electron chi connectivity index (χ2n) is 18.2. The molecule has 4 rings (SSSR count). The van der Waals surface area contributed by atoms with Gasteiger partial charge in [-0.15, -0.1) is 0 Å². The summed E-state index contributed by atoms with van der Waals surface area (Å²) in [6.07, 6.45) is -0.904. The van der Waals surface area contributed by atoms with Gasteiger partial charge in [-0.05, 0) is 68.2 Å². The molecule has 25 heteroatoms. The number of carbonyl (C=O) groups excluding carboxylic acids is 11. The second-order valence-corrected chi connectivity index (χ2v) is 20.8. The molecule has 2 aliphatic rings. The molecule has 2 aliphatic heterocycles. The number of carbonyl (C=O) groups is 11. The minimum absolute atomic E-state index is 0.00412.